The third-order valence-electron chi connectivity index (χ3n) is 2.92. The van der Waals surface area contributed by atoms with Crippen LogP contribution >= 0.6 is 0 Å². The van der Waals surface area contributed by atoms with Crippen molar-refractivity contribution in [2.24, 2.45) is 0 Å². The molecule has 0 aliphatic heterocycles. The fraction of sp³-hybridized carbons (Fsp3) is 0.571. The highest BCUT2D eigenvalue weighted by molar-refractivity contribution is 5.39. The number of rotatable bonds is 5. The van der Waals surface area contributed by atoms with Crippen LogP contribution in [0.2, 0.25) is 0 Å². The summed E-state index contributed by atoms with van der Waals surface area (Å²) < 4.78 is 0. The summed E-state index contributed by atoms with van der Waals surface area (Å²) >= 11 is 0. The third-order valence-corrected chi connectivity index (χ3v) is 2.92. The quantitative estimate of drug-likeness (QED) is 0.826. The Morgan fingerprint density at radius 1 is 1.24 bits per heavy atom. The van der Waals surface area contributed by atoms with Crippen molar-refractivity contribution < 1.29 is 10.2 Å². The van der Waals surface area contributed by atoms with E-state index in [1.807, 2.05) is 25.1 Å². The summed E-state index contributed by atoms with van der Waals surface area (Å²) in [6, 6.07) is 6.11. The fourth-order valence-electron chi connectivity index (χ4n) is 1.86. The Hall–Kier alpha value is -1.06. The number of aliphatic hydroxyl groups excluding tert-OH is 1. The van der Waals surface area contributed by atoms with Crippen LogP contribution in [0.3, 0.4) is 0 Å². The molecule has 0 aliphatic rings. The van der Waals surface area contributed by atoms with Crippen LogP contribution < -0.4 is 0 Å². The monoisotopic (exact) mass is 237 g/mol. The van der Waals surface area contributed by atoms with Gasteiger partial charge in [0.05, 0.1) is 6.10 Å². The summed E-state index contributed by atoms with van der Waals surface area (Å²) in [4.78, 5) is 2.15. The molecule has 0 saturated carbocycles. The Labute approximate surface area is 104 Å². The molecule has 0 aliphatic carbocycles. The van der Waals surface area contributed by atoms with Gasteiger partial charge in [-0.25, -0.2) is 0 Å². The van der Waals surface area contributed by atoms with E-state index in [9.17, 15) is 10.2 Å². The molecular weight excluding hydrogens is 214 g/mol. The van der Waals surface area contributed by atoms with E-state index < -0.39 is 0 Å². The lowest BCUT2D eigenvalue weighted by atomic mass is 10.1. The Morgan fingerprint density at radius 2 is 1.88 bits per heavy atom. The number of hydrogen-bond acceptors (Lipinski definition) is 3. The molecule has 3 heteroatoms. The summed E-state index contributed by atoms with van der Waals surface area (Å²) in [5.41, 5.74) is 1.81. The fourth-order valence-corrected chi connectivity index (χ4v) is 1.86. The Kier molecular flexibility index (Phi) is 4.97. The van der Waals surface area contributed by atoms with Crippen molar-refractivity contribution in [2.45, 2.75) is 46.4 Å². The van der Waals surface area contributed by atoms with Crippen LogP contribution in [0.25, 0.3) is 0 Å². The van der Waals surface area contributed by atoms with E-state index in [4.69, 9.17) is 0 Å². The Bertz CT molecular complexity index is 361. The third kappa shape index (κ3) is 4.02. The normalized spacial score (nSPS) is 13.4. The number of aryl methyl sites for hydroxylation is 1. The molecule has 0 aromatic heterocycles. The highest BCUT2D eigenvalue weighted by Gasteiger charge is 2.14. The molecule has 2 N–H and O–H groups in total. The second kappa shape index (κ2) is 6.03. The van der Waals surface area contributed by atoms with Crippen molar-refractivity contribution in [3.05, 3.63) is 29.3 Å². The second-order valence-corrected chi connectivity index (χ2v) is 4.95. The van der Waals surface area contributed by atoms with Crippen molar-refractivity contribution in [3.8, 4) is 5.75 Å². The van der Waals surface area contributed by atoms with Gasteiger partial charge in [0, 0.05) is 24.7 Å². The molecule has 17 heavy (non-hydrogen) atoms. The number of aromatic hydroxyl groups is 1. The Balaban J connectivity index is 2.82. The predicted octanol–water partition coefficient (Wildman–Crippen LogP) is 2.29. The molecular formula is C14H23NO2. The van der Waals surface area contributed by atoms with Crippen molar-refractivity contribution in [3.63, 3.8) is 0 Å². The van der Waals surface area contributed by atoms with Crippen molar-refractivity contribution in [1.29, 1.82) is 0 Å². The molecule has 1 aromatic rings. The van der Waals surface area contributed by atoms with Gasteiger partial charge in [0.25, 0.3) is 0 Å². The summed E-state index contributed by atoms with van der Waals surface area (Å²) in [5.74, 6) is 0.365. The lowest BCUT2D eigenvalue weighted by Crippen LogP contribution is -2.36. The SMILES string of the molecule is Cc1cccc(CN(CC(C)O)C(C)C)c1O. The molecule has 0 heterocycles. The van der Waals surface area contributed by atoms with Gasteiger partial charge in [-0.2, -0.15) is 0 Å². The minimum absolute atomic E-state index is 0.338. The maximum absolute atomic E-state index is 9.97. The zero-order chi connectivity index (χ0) is 13.0. The van der Waals surface area contributed by atoms with Crippen LogP contribution in [-0.4, -0.2) is 33.8 Å². The van der Waals surface area contributed by atoms with Gasteiger partial charge in [-0.05, 0) is 33.3 Å². The molecule has 0 saturated heterocycles. The van der Waals surface area contributed by atoms with Gasteiger partial charge in [-0.1, -0.05) is 18.2 Å². The smallest absolute Gasteiger partial charge is 0.122 e. The number of aliphatic hydroxyl groups is 1. The molecule has 0 amide bonds. The molecule has 96 valence electrons. The van der Waals surface area contributed by atoms with Crippen LogP contribution in [0.1, 0.15) is 31.9 Å². The van der Waals surface area contributed by atoms with E-state index in [0.717, 1.165) is 11.1 Å². The van der Waals surface area contributed by atoms with E-state index in [1.54, 1.807) is 6.92 Å². The lowest BCUT2D eigenvalue weighted by Gasteiger charge is -2.28. The number of para-hydroxylation sites is 1. The van der Waals surface area contributed by atoms with Crippen LogP contribution in [0.5, 0.6) is 5.75 Å². The molecule has 0 fully saturated rings. The highest BCUT2D eigenvalue weighted by atomic mass is 16.3. The lowest BCUT2D eigenvalue weighted by molar-refractivity contribution is 0.102. The minimum atomic E-state index is -0.357. The van der Waals surface area contributed by atoms with E-state index in [-0.39, 0.29) is 6.10 Å². The molecule has 1 atom stereocenters. The number of nitrogens with zero attached hydrogens (tertiary/aromatic N) is 1. The first-order valence-corrected chi connectivity index (χ1v) is 6.11. The van der Waals surface area contributed by atoms with Gasteiger partial charge in [0.15, 0.2) is 0 Å². The maximum Gasteiger partial charge on any atom is 0.122 e. The van der Waals surface area contributed by atoms with Gasteiger partial charge in [-0.3, -0.25) is 4.90 Å². The number of benzene rings is 1. The first-order chi connectivity index (χ1) is 7.91. The summed E-state index contributed by atoms with van der Waals surface area (Å²) in [7, 11) is 0. The summed E-state index contributed by atoms with van der Waals surface area (Å²) in [5, 5.41) is 19.4. The molecule has 0 radical (unpaired) electrons. The van der Waals surface area contributed by atoms with Crippen LogP contribution in [-0.2, 0) is 6.54 Å². The van der Waals surface area contributed by atoms with E-state index in [0.29, 0.717) is 24.9 Å². The molecule has 3 nitrogen and oxygen atoms in total. The summed E-state index contributed by atoms with van der Waals surface area (Å²) in [6.45, 7) is 9.14. The van der Waals surface area contributed by atoms with Gasteiger partial charge >= 0.3 is 0 Å². The molecule has 1 unspecified atom stereocenters. The van der Waals surface area contributed by atoms with Crippen molar-refractivity contribution in [2.75, 3.05) is 6.54 Å². The molecule has 0 spiro atoms. The second-order valence-electron chi connectivity index (χ2n) is 4.95. The topological polar surface area (TPSA) is 43.7 Å². The van der Waals surface area contributed by atoms with Gasteiger partial charge in [-0.15, -0.1) is 0 Å². The number of phenols is 1. The summed E-state index contributed by atoms with van der Waals surface area (Å²) in [6.07, 6.45) is -0.357. The van der Waals surface area contributed by atoms with Gasteiger partial charge in [0.1, 0.15) is 5.75 Å². The largest absolute Gasteiger partial charge is 0.507 e. The average Bonchev–Trinajstić information content (AvgIpc) is 2.22. The molecule has 1 aromatic carbocycles. The molecule has 0 bridgehead atoms. The number of phenolic OH excluding ortho intramolecular Hbond substituents is 1. The minimum Gasteiger partial charge on any atom is -0.507 e. The highest BCUT2D eigenvalue weighted by Crippen LogP contribution is 2.23. The van der Waals surface area contributed by atoms with Gasteiger partial charge < -0.3 is 10.2 Å². The van der Waals surface area contributed by atoms with Crippen molar-refractivity contribution >= 4 is 0 Å². The first-order valence-electron chi connectivity index (χ1n) is 6.11. The van der Waals surface area contributed by atoms with E-state index >= 15 is 0 Å². The average molecular weight is 237 g/mol. The zero-order valence-corrected chi connectivity index (χ0v) is 11.1. The standard InChI is InChI=1S/C14H23NO2/c1-10(2)15(8-12(4)16)9-13-7-5-6-11(3)14(13)17/h5-7,10,12,16-17H,8-9H2,1-4H3. The van der Waals surface area contributed by atoms with Crippen LogP contribution in [0.4, 0.5) is 0 Å². The molecule has 1 rings (SSSR count). The number of hydrogen-bond donors (Lipinski definition) is 2. The van der Waals surface area contributed by atoms with Gasteiger partial charge in [0.2, 0.25) is 0 Å². The maximum atomic E-state index is 9.97. The van der Waals surface area contributed by atoms with E-state index in [2.05, 4.69) is 18.7 Å². The van der Waals surface area contributed by atoms with Crippen molar-refractivity contribution in [1.82, 2.24) is 4.90 Å². The first kappa shape index (κ1) is 14.0. The predicted molar refractivity (Wildman–Crippen MR) is 70.1 cm³/mol. The van der Waals surface area contributed by atoms with Crippen LogP contribution in [0, 0.1) is 6.92 Å². The Morgan fingerprint density at radius 3 is 2.41 bits per heavy atom. The zero-order valence-electron chi connectivity index (χ0n) is 11.1. The van der Waals surface area contributed by atoms with Crippen LogP contribution in [0.15, 0.2) is 18.2 Å². The van der Waals surface area contributed by atoms with E-state index in [1.165, 1.54) is 0 Å².